The molecule has 5 nitrogen and oxygen atoms in total. The molecule has 1 aliphatic rings. The van der Waals surface area contributed by atoms with Gasteiger partial charge in [-0.1, -0.05) is 18.2 Å². The summed E-state index contributed by atoms with van der Waals surface area (Å²) in [4.78, 5) is 22.2. The summed E-state index contributed by atoms with van der Waals surface area (Å²) in [5.41, 5.74) is 1.50. The van der Waals surface area contributed by atoms with Gasteiger partial charge in [-0.2, -0.15) is 0 Å². The Bertz CT molecular complexity index is 714. The third-order valence-corrected chi connectivity index (χ3v) is 4.46. The van der Waals surface area contributed by atoms with Gasteiger partial charge in [-0.05, 0) is 18.9 Å². The Morgan fingerprint density at radius 1 is 1.25 bits per heavy atom. The molecule has 2 aromatic rings. The molecule has 0 radical (unpaired) electrons. The zero-order chi connectivity index (χ0) is 16.9. The van der Waals surface area contributed by atoms with Gasteiger partial charge in [0, 0.05) is 50.4 Å². The monoisotopic (exact) mass is 328 g/mol. The maximum Gasteiger partial charge on any atom is 0.219 e. The van der Waals surface area contributed by atoms with Crippen LogP contribution in [0.2, 0.25) is 0 Å². The number of likely N-dealkylation sites (tertiary alicyclic amines) is 1. The van der Waals surface area contributed by atoms with E-state index in [2.05, 4.69) is 15.3 Å². The largest absolute Gasteiger partial charge is 0.364 e. The normalized spacial score (nSPS) is 15.3. The maximum atomic E-state index is 13.8. The fourth-order valence-corrected chi connectivity index (χ4v) is 3.07. The van der Waals surface area contributed by atoms with Crippen molar-refractivity contribution in [1.82, 2.24) is 14.9 Å². The number of hydrogen-bond acceptors (Lipinski definition) is 4. The predicted molar refractivity (Wildman–Crippen MR) is 90.0 cm³/mol. The van der Waals surface area contributed by atoms with E-state index in [-0.39, 0.29) is 17.6 Å². The van der Waals surface area contributed by atoms with Crippen LogP contribution in [0.5, 0.6) is 0 Å². The van der Waals surface area contributed by atoms with Crippen LogP contribution in [0.1, 0.15) is 36.9 Å². The highest BCUT2D eigenvalue weighted by Crippen LogP contribution is 2.30. The van der Waals surface area contributed by atoms with Crippen molar-refractivity contribution < 1.29 is 9.18 Å². The molecule has 1 aromatic carbocycles. The Kier molecular flexibility index (Phi) is 5.03. The molecule has 1 aliphatic heterocycles. The lowest BCUT2D eigenvalue weighted by Crippen LogP contribution is -2.36. The Morgan fingerprint density at radius 2 is 1.96 bits per heavy atom. The molecule has 0 unspecified atom stereocenters. The first kappa shape index (κ1) is 16.4. The zero-order valence-electron chi connectivity index (χ0n) is 13.7. The lowest BCUT2D eigenvalue weighted by Gasteiger charge is -2.31. The van der Waals surface area contributed by atoms with Gasteiger partial charge in [0.05, 0.1) is 5.69 Å². The van der Waals surface area contributed by atoms with Crippen molar-refractivity contribution in [2.75, 3.05) is 18.4 Å². The van der Waals surface area contributed by atoms with Crippen molar-refractivity contribution >= 4 is 11.7 Å². The first-order chi connectivity index (χ1) is 11.6. The smallest absolute Gasteiger partial charge is 0.219 e. The number of carbonyl (C=O) groups excluding carboxylic acids is 1. The molecule has 1 fully saturated rings. The van der Waals surface area contributed by atoms with Gasteiger partial charge in [0.2, 0.25) is 5.91 Å². The second kappa shape index (κ2) is 7.38. The van der Waals surface area contributed by atoms with E-state index >= 15 is 0 Å². The molecule has 126 valence electrons. The van der Waals surface area contributed by atoms with Crippen LogP contribution in [-0.2, 0) is 11.3 Å². The molecule has 1 N–H and O–H groups in total. The Hall–Kier alpha value is -2.50. The van der Waals surface area contributed by atoms with Gasteiger partial charge in [0.15, 0.2) is 0 Å². The van der Waals surface area contributed by atoms with Gasteiger partial charge < -0.3 is 10.2 Å². The molecule has 24 heavy (non-hydrogen) atoms. The summed E-state index contributed by atoms with van der Waals surface area (Å²) in [6.45, 7) is 3.45. The Morgan fingerprint density at radius 3 is 2.67 bits per heavy atom. The van der Waals surface area contributed by atoms with Crippen LogP contribution in [-0.4, -0.2) is 33.9 Å². The molecule has 0 spiro atoms. The molecular weight excluding hydrogens is 307 g/mol. The average Bonchev–Trinajstić information content (AvgIpc) is 2.61. The number of benzene rings is 1. The number of halogens is 1. The molecular formula is C18H21FN4O. The van der Waals surface area contributed by atoms with Crippen LogP contribution in [0.3, 0.4) is 0 Å². The summed E-state index contributed by atoms with van der Waals surface area (Å²) in [5, 5.41) is 3.21. The highest BCUT2D eigenvalue weighted by molar-refractivity contribution is 5.73. The van der Waals surface area contributed by atoms with Gasteiger partial charge in [0.1, 0.15) is 11.6 Å². The van der Waals surface area contributed by atoms with Gasteiger partial charge in [-0.3, -0.25) is 9.78 Å². The molecule has 0 saturated carbocycles. The molecule has 0 atom stereocenters. The Balaban J connectivity index is 1.70. The van der Waals surface area contributed by atoms with E-state index in [9.17, 15) is 9.18 Å². The van der Waals surface area contributed by atoms with Gasteiger partial charge >= 0.3 is 0 Å². The van der Waals surface area contributed by atoms with E-state index in [4.69, 9.17) is 0 Å². The molecule has 1 saturated heterocycles. The molecule has 1 aromatic heterocycles. The lowest BCUT2D eigenvalue weighted by molar-refractivity contribution is -0.129. The maximum absolute atomic E-state index is 13.8. The molecule has 0 aliphatic carbocycles. The number of nitrogens with one attached hydrogen (secondary N) is 1. The minimum absolute atomic E-state index is 0.116. The standard InChI is InChI=1S/C18H21FN4O/c1-13(24)23-10-6-14(7-11-23)17-18(21-9-8-20-17)22-12-15-4-2-3-5-16(15)19/h2-5,8-9,14H,6-7,10-12H2,1H3,(H,21,22). The van der Waals surface area contributed by atoms with Crippen LogP contribution in [0, 0.1) is 5.82 Å². The number of rotatable bonds is 4. The van der Waals surface area contributed by atoms with Crippen LogP contribution < -0.4 is 5.32 Å². The van der Waals surface area contributed by atoms with E-state index in [1.807, 2.05) is 11.0 Å². The summed E-state index contributed by atoms with van der Waals surface area (Å²) >= 11 is 0. The van der Waals surface area contributed by atoms with Crippen molar-refractivity contribution in [3.63, 3.8) is 0 Å². The zero-order valence-corrected chi connectivity index (χ0v) is 13.7. The van der Waals surface area contributed by atoms with Crippen molar-refractivity contribution in [2.45, 2.75) is 32.2 Å². The van der Waals surface area contributed by atoms with Crippen molar-refractivity contribution in [3.8, 4) is 0 Å². The number of carbonyl (C=O) groups is 1. The summed E-state index contributed by atoms with van der Waals surface area (Å²) in [5.74, 6) is 0.843. The topological polar surface area (TPSA) is 58.1 Å². The third kappa shape index (κ3) is 3.69. The van der Waals surface area contributed by atoms with Gasteiger partial charge in [-0.15, -0.1) is 0 Å². The van der Waals surface area contributed by atoms with Crippen LogP contribution in [0.4, 0.5) is 10.2 Å². The minimum atomic E-state index is -0.231. The van der Waals surface area contributed by atoms with Crippen LogP contribution >= 0.6 is 0 Å². The van der Waals surface area contributed by atoms with Gasteiger partial charge in [0.25, 0.3) is 0 Å². The number of anilines is 1. The second-order valence-electron chi connectivity index (χ2n) is 6.02. The molecule has 6 heteroatoms. The molecule has 0 bridgehead atoms. The third-order valence-electron chi connectivity index (χ3n) is 4.46. The van der Waals surface area contributed by atoms with E-state index in [1.54, 1.807) is 31.5 Å². The number of hydrogen-bond donors (Lipinski definition) is 1. The van der Waals surface area contributed by atoms with Crippen molar-refractivity contribution in [2.24, 2.45) is 0 Å². The first-order valence-electron chi connectivity index (χ1n) is 8.19. The number of nitrogens with zero attached hydrogens (tertiary/aromatic N) is 3. The van der Waals surface area contributed by atoms with E-state index < -0.39 is 0 Å². The highest BCUT2D eigenvalue weighted by Gasteiger charge is 2.25. The fourth-order valence-electron chi connectivity index (χ4n) is 3.07. The summed E-state index contributed by atoms with van der Waals surface area (Å²) in [6.07, 6.45) is 5.05. The Labute approximate surface area is 140 Å². The number of amides is 1. The number of aromatic nitrogens is 2. The second-order valence-corrected chi connectivity index (χ2v) is 6.02. The molecule has 2 heterocycles. The average molecular weight is 328 g/mol. The minimum Gasteiger partial charge on any atom is -0.364 e. The van der Waals surface area contributed by atoms with Crippen molar-refractivity contribution in [3.05, 3.63) is 53.7 Å². The number of piperidine rings is 1. The van der Waals surface area contributed by atoms with Crippen molar-refractivity contribution in [1.29, 1.82) is 0 Å². The summed E-state index contributed by atoms with van der Waals surface area (Å²) in [7, 11) is 0. The lowest BCUT2D eigenvalue weighted by atomic mass is 9.93. The first-order valence-corrected chi connectivity index (χ1v) is 8.19. The quantitative estimate of drug-likeness (QED) is 0.937. The van der Waals surface area contributed by atoms with Crippen LogP contribution in [0.15, 0.2) is 36.7 Å². The van der Waals surface area contributed by atoms with E-state index in [1.165, 1.54) is 6.07 Å². The van der Waals surface area contributed by atoms with Crippen LogP contribution in [0.25, 0.3) is 0 Å². The highest BCUT2D eigenvalue weighted by atomic mass is 19.1. The SMILES string of the molecule is CC(=O)N1CCC(c2nccnc2NCc2ccccc2F)CC1. The van der Waals surface area contributed by atoms with Gasteiger partial charge in [-0.25, -0.2) is 9.37 Å². The van der Waals surface area contributed by atoms with E-state index in [0.717, 1.165) is 31.6 Å². The predicted octanol–water partition coefficient (Wildman–Crippen LogP) is 2.95. The van der Waals surface area contributed by atoms with E-state index in [0.29, 0.717) is 17.9 Å². The summed E-state index contributed by atoms with van der Waals surface area (Å²) in [6, 6.07) is 6.69. The molecule has 1 amide bonds. The fraction of sp³-hybridized carbons (Fsp3) is 0.389. The summed E-state index contributed by atoms with van der Waals surface area (Å²) < 4.78 is 13.8. The molecule has 3 rings (SSSR count).